The maximum Gasteiger partial charge on any atom is 0.407 e. The largest absolute Gasteiger partial charge is 0.444 e. The van der Waals surface area contributed by atoms with Crippen LogP contribution in [0.2, 0.25) is 0 Å². The van der Waals surface area contributed by atoms with E-state index in [0.717, 1.165) is 0 Å². The third-order valence-corrected chi connectivity index (χ3v) is 3.58. The molecule has 1 N–H and O–H groups in total. The summed E-state index contributed by atoms with van der Waals surface area (Å²) in [5, 5.41) is 2.78. The van der Waals surface area contributed by atoms with Crippen LogP contribution in [0.4, 0.5) is 4.79 Å². The normalized spacial score (nSPS) is 29.5. The van der Waals surface area contributed by atoms with Crippen molar-refractivity contribution in [2.24, 2.45) is 0 Å². The summed E-state index contributed by atoms with van der Waals surface area (Å²) >= 11 is 3.22. The molecule has 20 heavy (non-hydrogen) atoms. The van der Waals surface area contributed by atoms with Gasteiger partial charge in [-0.05, 0) is 54.9 Å². The van der Waals surface area contributed by atoms with Crippen LogP contribution in [-0.2, 0) is 14.3 Å². The van der Waals surface area contributed by atoms with Crippen molar-refractivity contribution < 1.29 is 19.1 Å². The van der Waals surface area contributed by atoms with Gasteiger partial charge in [0.05, 0.1) is 17.1 Å². The Labute approximate surface area is 126 Å². The van der Waals surface area contributed by atoms with Gasteiger partial charge >= 0.3 is 6.09 Å². The monoisotopic (exact) mass is 343 g/mol. The number of carbonyl (C=O) groups excluding carboxylic acids is 2. The Balaban J connectivity index is 1.95. The first-order valence-corrected chi connectivity index (χ1v) is 7.24. The summed E-state index contributed by atoms with van der Waals surface area (Å²) < 4.78 is 11.4. The Morgan fingerprint density at radius 1 is 1.55 bits per heavy atom. The predicted molar refractivity (Wildman–Crippen MR) is 77.6 cm³/mol. The van der Waals surface area contributed by atoms with E-state index in [2.05, 4.69) is 21.2 Å². The molecule has 0 radical (unpaired) electrons. The third-order valence-electron chi connectivity index (χ3n) is 2.96. The number of halogens is 1. The fraction of sp³-hybridized carbons (Fsp3) is 0.571. The lowest BCUT2D eigenvalue weighted by molar-refractivity contribution is -0.111. The molecule has 0 aromatic rings. The minimum atomic E-state index is -0.619. The molecule has 2 aliphatic rings. The molecule has 0 aromatic heterocycles. The number of ketones is 1. The Bertz CT molecular complexity index is 492. The van der Waals surface area contributed by atoms with Gasteiger partial charge in [-0.2, -0.15) is 0 Å². The summed E-state index contributed by atoms with van der Waals surface area (Å²) in [6.07, 6.45) is 5.08. The number of amides is 1. The number of hydrogen-bond donors (Lipinski definition) is 1. The van der Waals surface area contributed by atoms with E-state index >= 15 is 0 Å². The molecule has 0 saturated carbocycles. The van der Waals surface area contributed by atoms with E-state index in [0.29, 0.717) is 17.5 Å². The highest BCUT2D eigenvalue weighted by atomic mass is 79.9. The van der Waals surface area contributed by atoms with Crippen LogP contribution >= 0.6 is 15.9 Å². The first-order valence-electron chi connectivity index (χ1n) is 6.45. The van der Waals surface area contributed by atoms with Crippen molar-refractivity contribution in [1.29, 1.82) is 0 Å². The predicted octanol–water partition coefficient (Wildman–Crippen LogP) is 2.46. The first kappa shape index (κ1) is 15.3. The van der Waals surface area contributed by atoms with Crippen molar-refractivity contribution in [2.75, 3.05) is 6.61 Å². The van der Waals surface area contributed by atoms with E-state index in [-0.39, 0.29) is 11.8 Å². The summed E-state index contributed by atoms with van der Waals surface area (Å²) in [6.45, 7) is 5.83. The molecule has 1 heterocycles. The molecule has 110 valence electrons. The van der Waals surface area contributed by atoms with Gasteiger partial charge in [0.15, 0.2) is 5.78 Å². The summed E-state index contributed by atoms with van der Waals surface area (Å²) in [7, 11) is 0. The van der Waals surface area contributed by atoms with Crippen LogP contribution in [0.1, 0.15) is 27.2 Å². The van der Waals surface area contributed by atoms with Crippen LogP contribution in [0.25, 0.3) is 0 Å². The lowest BCUT2D eigenvalue weighted by Crippen LogP contribution is -2.40. The molecule has 1 amide bonds. The minimum Gasteiger partial charge on any atom is -0.444 e. The fourth-order valence-corrected chi connectivity index (χ4v) is 2.69. The first-order chi connectivity index (χ1) is 9.19. The topological polar surface area (TPSA) is 64.6 Å². The highest BCUT2D eigenvalue weighted by Gasteiger charge is 2.40. The second kappa shape index (κ2) is 5.33. The Morgan fingerprint density at radius 2 is 2.25 bits per heavy atom. The average molecular weight is 344 g/mol. The molecular formula is C14H18BrNO4. The average Bonchev–Trinajstić information content (AvgIpc) is 2.65. The Hall–Kier alpha value is -1.14. The Kier molecular flexibility index (Phi) is 4.07. The van der Waals surface area contributed by atoms with Crippen molar-refractivity contribution >= 4 is 27.8 Å². The number of hydrogen-bond acceptors (Lipinski definition) is 4. The van der Waals surface area contributed by atoms with E-state index in [1.54, 1.807) is 12.2 Å². The zero-order chi connectivity index (χ0) is 15.0. The van der Waals surface area contributed by atoms with Gasteiger partial charge in [0.2, 0.25) is 0 Å². The summed E-state index contributed by atoms with van der Waals surface area (Å²) in [6, 6.07) is -0.140. The van der Waals surface area contributed by atoms with E-state index in [4.69, 9.17) is 9.47 Å². The van der Waals surface area contributed by atoms with E-state index in [1.807, 2.05) is 20.8 Å². The van der Waals surface area contributed by atoms with Crippen LogP contribution < -0.4 is 5.32 Å². The summed E-state index contributed by atoms with van der Waals surface area (Å²) in [5.41, 5.74) is -1.15. The summed E-state index contributed by atoms with van der Waals surface area (Å²) in [5.74, 6) is -0.0808. The lowest BCUT2D eigenvalue weighted by Gasteiger charge is -2.24. The van der Waals surface area contributed by atoms with E-state index < -0.39 is 17.3 Å². The molecule has 0 aromatic carbocycles. The number of ether oxygens (including phenoxy) is 2. The molecule has 0 unspecified atom stereocenters. The van der Waals surface area contributed by atoms with Crippen molar-refractivity contribution in [1.82, 2.24) is 5.32 Å². The fourth-order valence-electron chi connectivity index (χ4n) is 2.17. The summed E-state index contributed by atoms with van der Waals surface area (Å²) in [4.78, 5) is 23.1. The van der Waals surface area contributed by atoms with Crippen LogP contribution in [-0.4, -0.2) is 35.7 Å². The zero-order valence-corrected chi connectivity index (χ0v) is 13.3. The molecule has 6 heteroatoms. The van der Waals surface area contributed by atoms with Crippen LogP contribution in [0.15, 0.2) is 22.7 Å². The van der Waals surface area contributed by atoms with Crippen LogP contribution in [0.3, 0.4) is 0 Å². The molecule has 0 bridgehead atoms. The number of allylic oxidation sites excluding steroid dienone is 2. The molecule has 2 rings (SSSR count). The number of rotatable bonds is 1. The number of nitrogens with one attached hydrogen (secondary N) is 1. The second-order valence-electron chi connectivity index (χ2n) is 6.00. The van der Waals surface area contributed by atoms with Gasteiger partial charge in [0, 0.05) is 6.42 Å². The highest BCUT2D eigenvalue weighted by molar-refractivity contribution is 9.12. The molecule has 1 aliphatic carbocycles. The van der Waals surface area contributed by atoms with Gasteiger partial charge < -0.3 is 14.8 Å². The third kappa shape index (κ3) is 3.70. The van der Waals surface area contributed by atoms with Gasteiger partial charge in [0.1, 0.15) is 11.2 Å². The van der Waals surface area contributed by atoms with Gasteiger partial charge in [-0.15, -0.1) is 0 Å². The molecule has 5 nitrogen and oxygen atoms in total. The maximum absolute atomic E-state index is 11.7. The van der Waals surface area contributed by atoms with Gasteiger partial charge in [-0.25, -0.2) is 4.79 Å². The molecule has 1 spiro atoms. The highest BCUT2D eigenvalue weighted by Crippen LogP contribution is 2.34. The lowest BCUT2D eigenvalue weighted by atomic mass is 9.93. The zero-order valence-electron chi connectivity index (χ0n) is 11.7. The Morgan fingerprint density at radius 3 is 2.85 bits per heavy atom. The van der Waals surface area contributed by atoms with E-state index in [1.165, 1.54) is 6.08 Å². The standard InChI is InChI=1S/C14H18BrNO4/c1-13(2,3)20-12(18)16-9-6-14(19-8-9)5-4-11(17)10(15)7-14/h4-5,7,9H,6,8H2,1-3H3,(H,16,18)/t9-,14+/m0/s1. The number of alkyl carbamates (subject to hydrolysis) is 1. The van der Waals surface area contributed by atoms with Crippen molar-refractivity contribution in [3.05, 3.63) is 22.7 Å². The van der Waals surface area contributed by atoms with Crippen molar-refractivity contribution in [2.45, 2.75) is 44.4 Å². The van der Waals surface area contributed by atoms with Gasteiger partial charge in [-0.3, -0.25) is 4.79 Å². The molecule has 2 atom stereocenters. The second-order valence-corrected chi connectivity index (χ2v) is 6.86. The molecule has 1 fully saturated rings. The smallest absolute Gasteiger partial charge is 0.407 e. The van der Waals surface area contributed by atoms with Crippen LogP contribution in [0.5, 0.6) is 0 Å². The van der Waals surface area contributed by atoms with Crippen LogP contribution in [0, 0.1) is 0 Å². The molecule has 1 aliphatic heterocycles. The molecular weight excluding hydrogens is 326 g/mol. The van der Waals surface area contributed by atoms with Gasteiger partial charge in [-0.1, -0.05) is 0 Å². The minimum absolute atomic E-state index is 0.0808. The van der Waals surface area contributed by atoms with E-state index in [9.17, 15) is 9.59 Å². The molecule has 1 saturated heterocycles. The number of carbonyl (C=O) groups is 2. The SMILES string of the molecule is CC(C)(C)OC(=O)N[C@@H]1CO[C@]2(C=CC(=O)C(Br)=C2)C1. The van der Waals surface area contributed by atoms with Crippen molar-refractivity contribution in [3.63, 3.8) is 0 Å². The van der Waals surface area contributed by atoms with Crippen molar-refractivity contribution in [3.8, 4) is 0 Å². The van der Waals surface area contributed by atoms with Gasteiger partial charge in [0.25, 0.3) is 0 Å². The quantitative estimate of drug-likeness (QED) is 0.794. The maximum atomic E-state index is 11.7.